The molecule has 26 heavy (non-hydrogen) atoms. The Balaban J connectivity index is 1.81. The van der Waals surface area contributed by atoms with E-state index in [-0.39, 0.29) is 11.5 Å². The summed E-state index contributed by atoms with van der Waals surface area (Å²) in [6.07, 6.45) is 3.91. The largest absolute Gasteiger partial charge is 0.508 e. The van der Waals surface area contributed by atoms with Gasteiger partial charge in [0.2, 0.25) is 0 Å². The highest BCUT2D eigenvalue weighted by atomic mass is 35.5. The van der Waals surface area contributed by atoms with Gasteiger partial charge in [0.05, 0.1) is 5.02 Å². The fourth-order valence-corrected chi connectivity index (χ4v) is 3.11. The monoisotopic (exact) mass is 372 g/mol. The Kier molecular flexibility index (Phi) is 5.52. The second kappa shape index (κ2) is 7.83. The van der Waals surface area contributed by atoms with Crippen molar-refractivity contribution in [2.45, 2.75) is 20.3 Å². The molecular weight excluding hydrogens is 352 g/mol. The normalized spacial score (nSPS) is 13.4. The van der Waals surface area contributed by atoms with E-state index < -0.39 is 0 Å². The third-order valence-corrected chi connectivity index (χ3v) is 4.32. The van der Waals surface area contributed by atoms with Crippen LogP contribution in [-0.4, -0.2) is 24.1 Å². The number of carbonyl (C=O) groups is 1. The summed E-state index contributed by atoms with van der Waals surface area (Å²) in [7, 11) is 0. The van der Waals surface area contributed by atoms with Crippen LogP contribution in [0.15, 0.2) is 36.4 Å². The van der Waals surface area contributed by atoms with Crippen LogP contribution in [-0.2, 0) is 6.42 Å². The second-order valence-electron chi connectivity index (χ2n) is 6.67. The van der Waals surface area contributed by atoms with Crippen molar-refractivity contribution in [1.29, 1.82) is 0 Å². The molecule has 5 heteroatoms. The maximum Gasteiger partial charge on any atom is 0.185 e. The maximum atomic E-state index is 12.5. The van der Waals surface area contributed by atoms with Gasteiger partial charge in [0.1, 0.15) is 19.0 Å². The first kappa shape index (κ1) is 18.3. The topological polar surface area (TPSA) is 55.8 Å². The molecule has 1 heterocycles. The highest BCUT2D eigenvalue weighted by Crippen LogP contribution is 2.38. The summed E-state index contributed by atoms with van der Waals surface area (Å²) in [4.78, 5) is 12.5. The molecule has 0 amide bonds. The molecule has 0 bridgehead atoms. The summed E-state index contributed by atoms with van der Waals surface area (Å²) in [5, 5.41) is 10.4. The van der Waals surface area contributed by atoms with E-state index in [4.69, 9.17) is 21.1 Å². The minimum Gasteiger partial charge on any atom is -0.508 e. The molecule has 0 saturated carbocycles. The first-order valence-electron chi connectivity index (χ1n) is 8.57. The van der Waals surface area contributed by atoms with Crippen LogP contribution in [0.3, 0.4) is 0 Å². The number of ether oxygens (including phenoxy) is 2. The lowest BCUT2D eigenvalue weighted by Gasteiger charge is -2.19. The molecule has 136 valence electrons. The van der Waals surface area contributed by atoms with E-state index in [9.17, 15) is 9.90 Å². The second-order valence-corrected chi connectivity index (χ2v) is 7.07. The van der Waals surface area contributed by atoms with Crippen molar-refractivity contribution >= 4 is 23.5 Å². The summed E-state index contributed by atoms with van der Waals surface area (Å²) in [5.41, 5.74) is 2.08. The van der Waals surface area contributed by atoms with E-state index in [1.54, 1.807) is 36.4 Å². The predicted molar refractivity (Wildman–Crippen MR) is 102 cm³/mol. The van der Waals surface area contributed by atoms with E-state index in [0.29, 0.717) is 47.6 Å². The van der Waals surface area contributed by atoms with E-state index in [1.807, 2.05) is 0 Å². The van der Waals surface area contributed by atoms with Crippen molar-refractivity contribution < 1.29 is 19.4 Å². The number of ketones is 1. The Morgan fingerprint density at radius 1 is 1.23 bits per heavy atom. The summed E-state index contributed by atoms with van der Waals surface area (Å²) < 4.78 is 11.0. The molecule has 0 radical (unpaired) electrons. The molecule has 1 aliphatic heterocycles. The van der Waals surface area contributed by atoms with Crippen molar-refractivity contribution in [2.24, 2.45) is 5.92 Å². The number of carbonyl (C=O) groups excluding carboxylic acids is 1. The van der Waals surface area contributed by atoms with E-state index in [0.717, 1.165) is 11.1 Å². The highest BCUT2D eigenvalue weighted by molar-refractivity contribution is 6.32. The Morgan fingerprint density at radius 3 is 2.77 bits per heavy atom. The van der Waals surface area contributed by atoms with Crippen LogP contribution >= 0.6 is 11.6 Å². The minimum absolute atomic E-state index is 0.138. The van der Waals surface area contributed by atoms with Gasteiger partial charge in [0.15, 0.2) is 17.3 Å². The molecule has 0 fully saturated rings. The highest BCUT2D eigenvalue weighted by Gasteiger charge is 2.16. The fraction of sp³-hybridized carbons (Fsp3) is 0.286. The first-order valence-corrected chi connectivity index (χ1v) is 8.95. The SMILES string of the molecule is CC(C)Cc1cc(C(=O)/C=C/c2cc(Cl)c3c(c2)OCCO3)ccc1O. The molecule has 2 aromatic carbocycles. The number of benzene rings is 2. The van der Waals surface area contributed by atoms with Crippen molar-refractivity contribution in [2.75, 3.05) is 13.2 Å². The molecule has 2 aromatic rings. The van der Waals surface area contributed by atoms with Crippen molar-refractivity contribution in [3.05, 3.63) is 58.1 Å². The van der Waals surface area contributed by atoms with Crippen LogP contribution < -0.4 is 9.47 Å². The van der Waals surface area contributed by atoms with Gasteiger partial charge in [0.25, 0.3) is 0 Å². The van der Waals surface area contributed by atoms with Gasteiger partial charge >= 0.3 is 0 Å². The maximum absolute atomic E-state index is 12.5. The summed E-state index contributed by atoms with van der Waals surface area (Å²) >= 11 is 6.21. The lowest BCUT2D eigenvalue weighted by molar-refractivity contribution is 0.104. The molecule has 0 unspecified atom stereocenters. The van der Waals surface area contributed by atoms with Crippen LogP contribution in [0.25, 0.3) is 6.08 Å². The zero-order valence-corrected chi connectivity index (χ0v) is 15.5. The van der Waals surface area contributed by atoms with Crippen LogP contribution in [0.5, 0.6) is 17.2 Å². The van der Waals surface area contributed by atoms with E-state index in [2.05, 4.69) is 13.8 Å². The third kappa shape index (κ3) is 4.20. The van der Waals surface area contributed by atoms with Crippen LogP contribution in [0.2, 0.25) is 5.02 Å². The number of phenols is 1. The van der Waals surface area contributed by atoms with Crippen LogP contribution in [0.4, 0.5) is 0 Å². The molecule has 4 nitrogen and oxygen atoms in total. The molecule has 0 aliphatic carbocycles. The van der Waals surface area contributed by atoms with Gasteiger partial charge in [-0.25, -0.2) is 0 Å². The molecule has 1 N–H and O–H groups in total. The Morgan fingerprint density at radius 2 is 2.00 bits per heavy atom. The zero-order valence-electron chi connectivity index (χ0n) is 14.8. The Bertz CT molecular complexity index is 855. The number of fused-ring (bicyclic) bond motifs is 1. The van der Waals surface area contributed by atoms with Gasteiger partial charge in [-0.05, 0) is 59.9 Å². The first-order chi connectivity index (χ1) is 12.4. The van der Waals surface area contributed by atoms with Crippen molar-refractivity contribution in [1.82, 2.24) is 0 Å². The average molecular weight is 373 g/mol. The lowest BCUT2D eigenvalue weighted by atomic mass is 9.98. The summed E-state index contributed by atoms with van der Waals surface area (Å²) in [6, 6.07) is 8.48. The van der Waals surface area contributed by atoms with Gasteiger partial charge in [0, 0.05) is 5.56 Å². The smallest absolute Gasteiger partial charge is 0.185 e. The molecule has 0 spiro atoms. The number of hydrogen-bond acceptors (Lipinski definition) is 4. The van der Waals surface area contributed by atoms with Crippen molar-refractivity contribution in [3.8, 4) is 17.2 Å². The fourth-order valence-electron chi connectivity index (χ4n) is 2.84. The zero-order chi connectivity index (χ0) is 18.7. The molecular formula is C21H21ClO4. The van der Waals surface area contributed by atoms with Gasteiger partial charge < -0.3 is 14.6 Å². The quantitative estimate of drug-likeness (QED) is 0.598. The van der Waals surface area contributed by atoms with Gasteiger partial charge in [-0.15, -0.1) is 0 Å². The Labute approximate surface area is 158 Å². The minimum atomic E-state index is -0.138. The van der Waals surface area contributed by atoms with Gasteiger partial charge in [-0.2, -0.15) is 0 Å². The molecule has 1 aliphatic rings. The molecule has 0 saturated heterocycles. The molecule has 3 rings (SSSR count). The number of hydrogen-bond donors (Lipinski definition) is 1. The lowest BCUT2D eigenvalue weighted by Crippen LogP contribution is -2.15. The van der Waals surface area contributed by atoms with Crippen molar-refractivity contribution in [3.63, 3.8) is 0 Å². The third-order valence-electron chi connectivity index (χ3n) is 4.04. The van der Waals surface area contributed by atoms with Gasteiger partial charge in [-0.1, -0.05) is 31.5 Å². The summed E-state index contributed by atoms with van der Waals surface area (Å²) in [5.74, 6) is 1.60. The average Bonchev–Trinajstić information content (AvgIpc) is 2.61. The van der Waals surface area contributed by atoms with Crippen LogP contribution in [0, 0.1) is 5.92 Å². The number of phenolic OH excluding ortho intramolecular Hbond substituents is 1. The number of allylic oxidation sites excluding steroid dienone is 1. The standard InChI is InChI=1S/C21H21ClO4/c1-13(2)9-16-12-15(4-6-19(16)24)18(23)5-3-14-10-17(22)21-20(11-14)25-7-8-26-21/h3-6,10-13,24H,7-9H2,1-2H3/b5-3+. The summed E-state index contributed by atoms with van der Waals surface area (Å²) in [6.45, 7) is 5.08. The molecule has 0 aromatic heterocycles. The predicted octanol–water partition coefficient (Wildman–Crippen LogP) is 4.91. The number of aromatic hydroxyl groups is 1. The van der Waals surface area contributed by atoms with Gasteiger partial charge in [-0.3, -0.25) is 4.79 Å². The Hall–Kier alpha value is -2.46. The van der Waals surface area contributed by atoms with E-state index >= 15 is 0 Å². The number of rotatable bonds is 5. The molecule has 0 atom stereocenters. The number of halogens is 1. The van der Waals surface area contributed by atoms with E-state index in [1.165, 1.54) is 6.08 Å². The van der Waals surface area contributed by atoms with Crippen LogP contribution in [0.1, 0.15) is 35.3 Å².